The Morgan fingerprint density at radius 1 is 1.28 bits per heavy atom. The number of likely N-dealkylation sites (tertiary alicyclic amines) is 1. The van der Waals surface area contributed by atoms with E-state index in [4.69, 9.17) is 14.5 Å². The summed E-state index contributed by atoms with van der Waals surface area (Å²) in [5.74, 6) is 1.39. The molecule has 0 bridgehead atoms. The van der Waals surface area contributed by atoms with E-state index in [0.29, 0.717) is 18.5 Å². The van der Waals surface area contributed by atoms with Crippen LogP contribution >= 0.6 is 11.3 Å². The van der Waals surface area contributed by atoms with Crippen molar-refractivity contribution >= 4 is 22.9 Å². The smallest absolute Gasteiger partial charge is 0.245 e. The van der Waals surface area contributed by atoms with Crippen molar-refractivity contribution in [1.29, 1.82) is 0 Å². The Balaban J connectivity index is 1.27. The van der Waals surface area contributed by atoms with Gasteiger partial charge in [-0.05, 0) is 31.1 Å². The maximum atomic E-state index is 11.9. The molecule has 1 fully saturated rings. The summed E-state index contributed by atoms with van der Waals surface area (Å²) in [6.07, 6.45) is 5.05. The second-order valence-corrected chi connectivity index (χ2v) is 9.79. The van der Waals surface area contributed by atoms with E-state index < -0.39 is 0 Å². The number of piperidine rings is 1. The van der Waals surface area contributed by atoms with Crippen LogP contribution in [0.3, 0.4) is 0 Å². The lowest BCUT2D eigenvalue weighted by Gasteiger charge is -2.33. The number of hydrogen-bond donors (Lipinski definition) is 1. The summed E-state index contributed by atoms with van der Waals surface area (Å²) in [7, 11) is 1.60. The molecule has 6 rings (SSSR count). The average molecular weight is 503 g/mol. The minimum atomic E-state index is 0.00816. The van der Waals surface area contributed by atoms with Gasteiger partial charge in [-0.1, -0.05) is 18.7 Å². The Kier molecular flexibility index (Phi) is 5.90. The third kappa shape index (κ3) is 4.02. The molecule has 3 aromatic heterocycles. The lowest BCUT2D eigenvalue weighted by molar-refractivity contribution is -0.127. The van der Waals surface area contributed by atoms with E-state index in [9.17, 15) is 4.79 Å². The number of benzene rings is 1. The van der Waals surface area contributed by atoms with Gasteiger partial charge in [-0.25, -0.2) is 9.50 Å². The van der Waals surface area contributed by atoms with Crippen LogP contribution in [0.2, 0.25) is 0 Å². The number of nitrogens with zero attached hydrogens (tertiary/aromatic N) is 5. The molecule has 0 unspecified atom stereocenters. The van der Waals surface area contributed by atoms with Crippen molar-refractivity contribution in [2.75, 3.05) is 26.8 Å². The SMILES string of the molecule is C=CC(=O)N1CCC(N[C@H]2COc3cc(-c4nc5ccc(OC)nn5c4-c4cncs4)ccc32)CC1. The van der Waals surface area contributed by atoms with E-state index in [-0.39, 0.29) is 11.9 Å². The minimum Gasteiger partial charge on any atom is -0.491 e. The van der Waals surface area contributed by atoms with Gasteiger partial charge in [-0.2, -0.15) is 0 Å². The third-order valence-electron chi connectivity index (χ3n) is 6.81. The highest BCUT2D eigenvalue weighted by molar-refractivity contribution is 7.13. The number of rotatable bonds is 6. The number of aromatic nitrogens is 4. The number of amides is 1. The van der Waals surface area contributed by atoms with Gasteiger partial charge in [0.15, 0.2) is 5.65 Å². The van der Waals surface area contributed by atoms with Crippen molar-refractivity contribution in [2.24, 2.45) is 0 Å². The quantitative estimate of drug-likeness (QED) is 0.402. The maximum absolute atomic E-state index is 11.9. The zero-order valence-electron chi connectivity index (χ0n) is 19.9. The van der Waals surface area contributed by atoms with Crippen LogP contribution in [0.25, 0.3) is 27.5 Å². The highest BCUT2D eigenvalue weighted by Gasteiger charge is 2.30. The first-order valence-electron chi connectivity index (χ1n) is 11.9. The van der Waals surface area contributed by atoms with Gasteiger partial charge in [-0.15, -0.1) is 16.4 Å². The van der Waals surface area contributed by atoms with Crippen LogP contribution in [0.5, 0.6) is 11.6 Å². The zero-order chi connectivity index (χ0) is 24.6. The van der Waals surface area contributed by atoms with Gasteiger partial charge >= 0.3 is 0 Å². The predicted octanol–water partition coefficient (Wildman–Crippen LogP) is 3.73. The number of nitrogens with one attached hydrogen (secondary N) is 1. The number of fused-ring (bicyclic) bond motifs is 2. The van der Waals surface area contributed by atoms with Crippen LogP contribution in [0, 0.1) is 0 Å². The lowest BCUT2D eigenvalue weighted by atomic mass is 10.00. The number of ether oxygens (including phenoxy) is 2. The van der Waals surface area contributed by atoms with E-state index in [2.05, 4.69) is 40.2 Å². The first-order chi connectivity index (χ1) is 17.6. The molecule has 2 aliphatic heterocycles. The summed E-state index contributed by atoms with van der Waals surface area (Å²) in [4.78, 5) is 23.9. The molecule has 0 saturated carbocycles. The molecule has 1 atom stereocenters. The summed E-state index contributed by atoms with van der Waals surface area (Å²) in [6.45, 7) is 5.66. The molecule has 0 aliphatic carbocycles. The molecule has 184 valence electrons. The van der Waals surface area contributed by atoms with Crippen LogP contribution in [-0.2, 0) is 4.79 Å². The zero-order valence-corrected chi connectivity index (χ0v) is 20.7. The molecule has 9 nitrogen and oxygen atoms in total. The van der Waals surface area contributed by atoms with Gasteiger partial charge in [-0.3, -0.25) is 9.78 Å². The predicted molar refractivity (Wildman–Crippen MR) is 137 cm³/mol. The first kappa shape index (κ1) is 22.7. The highest BCUT2D eigenvalue weighted by atomic mass is 32.1. The monoisotopic (exact) mass is 502 g/mol. The van der Waals surface area contributed by atoms with Gasteiger partial charge in [0.25, 0.3) is 0 Å². The van der Waals surface area contributed by atoms with Gasteiger partial charge in [0.05, 0.1) is 23.5 Å². The van der Waals surface area contributed by atoms with Crippen molar-refractivity contribution in [2.45, 2.75) is 24.9 Å². The molecule has 1 N–H and O–H groups in total. The van der Waals surface area contributed by atoms with Crippen LogP contribution < -0.4 is 14.8 Å². The summed E-state index contributed by atoms with van der Waals surface area (Å²) in [5, 5.41) is 8.35. The van der Waals surface area contributed by atoms with Crippen molar-refractivity contribution in [3.05, 3.63) is 60.3 Å². The Bertz CT molecular complexity index is 1430. The van der Waals surface area contributed by atoms with Crippen molar-refractivity contribution in [1.82, 2.24) is 29.8 Å². The summed E-state index contributed by atoms with van der Waals surface area (Å²) >= 11 is 1.54. The Morgan fingerprint density at radius 2 is 2.14 bits per heavy atom. The normalized spacial score (nSPS) is 17.7. The van der Waals surface area contributed by atoms with Crippen molar-refractivity contribution in [3.8, 4) is 33.5 Å². The van der Waals surface area contributed by atoms with E-state index in [1.54, 1.807) is 24.0 Å². The second kappa shape index (κ2) is 9.36. The average Bonchev–Trinajstić information content (AvgIpc) is 3.66. The minimum absolute atomic E-state index is 0.00816. The number of carbonyl (C=O) groups excluding carboxylic acids is 1. The molecular weight excluding hydrogens is 476 g/mol. The van der Waals surface area contributed by atoms with E-state index >= 15 is 0 Å². The standard InChI is InChI=1S/C26H26N6O3S/c1-3-24(33)31-10-8-17(9-11-31)28-19-14-35-20-12-16(4-5-18(19)20)25-26(21-13-27-15-36-21)32-22(29-25)6-7-23(30-32)34-2/h3-7,12-13,15,17,19,28H,1,8-11,14H2,2H3/t19-/m0/s1. The van der Waals surface area contributed by atoms with Crippen LogP contribution in [0.4, 0.5) is 0 Å². The highest BCUT2D eigenvalue weighted by Crippen LogP contribution is 2.40. The topological polar surface area (TPSA) is 93.9 Å². The molecule has 1 aromatic carbocycles. The molecule has 0 spiro atoms. The lowest BCUT2D eigenvalue weighted by Crippen LogP contribution is -2.45. The molecular formula is C26H26N6O3S. The van der Waals surface area contributed by atoms with Crippen LogP contribution in [-0.4, -0.2) is 63.2 Å². The summed E-state index contributed by atoms with van der Waals surface area (Å²) in [5.41, 5.74) is 6.33. The first-order valence-corrected chi connectivity index (χ1v) is 12.8. The van der Waals surface area contributed by atoms with E-state index in [0.717, 1.165) is 64.7 Å². The molecule has 10 heteroatoms. The second-order valence-electron chi connectivity index (χ2n) is 8.91. The number of hydrogen-bond acceptors (Lipinski definition) is 8. The van der Waals surface area contributed by atoms with Crippen molar-refractivity contribution in [3.63, 3.8) is 0 Å². The fraction of sp³-hybridized carbons (Fsp3) is 0.308. The molecule has 5 heterocycles. The van der Waals surface area contributed by atoms with Crippen molar-refractivity contribution < 1.29 is 14.3 Å². The number of carbonyl (C=O) groups is 1. The fourth-order valence-electron chi connectivity index (χ4n) is 4.96. The van der Waals surface area contributed by atoms with Gasteiger partial charge in [0, 0.05) is 42.5 Å². The van der Waals surface area contributed by atoms with E-state index in [1.807, 2.05) is 27.7 Å². The van der Waals surface area contributed by atoms with E-state index in [1.165, 1.54) is 6.08 Å². The summed E-state index contributed by atoms with van der Waals surface area (Å²) in [6, 6.07) is 10.5. The Hall–Kier alpha value is -3.76. The molecule has 36 heavy (non-hydrogen) atoms. The fourth-order valence-corrected chi connectivity index (χ4v) is 5.61. The number of imidazole rings is 1. The van der Waals surface area contributed by atoms with Gasteiger partial charge in [0.1, 0.15) is 23.7 Å². The summed E-state index contributed by atoms with van der Waals surface area (Å²) < 4.78 is 13.3. The molecule has 1 amide bonds. The largest absolute Gasteiger partial charge is 0.491 e. The van der Waals surface area contributed by atoms with Crippen LogP contribution in [0.15, 0.2) is 54.7 Å². The van der Waals surface area contributed by atoms with Gasteiger partial charge < -0.3 is 19.7 Å². The number of methoxy groups -OCH3 is 1. The van der Waals surface area contributed by atoms with Crippen LogP contribution in [0.1, 0.15) is 24.4 Å². The molecule has 0 radical (unpaired) electrons. The third-order valence-corrected chi connectivity index (χ3v) is 7.59. The Labute approximate surface area is 212 Å². The Morgan fingerprint density at radius 3 is 2.89 bits per heavy atom. The van der Waals surface area contributed by atoms with Gasteiger partial charge in [0.2, 0.25) is 11.8 Å². The maximum Gasteiger partial charge on any atom is 0.245 e. The number of thiazole rings is 1. The molecule has 2 aliphatic rings. The molecule has 1 saturated heterocycles. The molecule has 4 aromatic rings.